The van der Waals surface area contributed by atoms with Gasteiger partial charge in [0.1, 0.15) is 11.4 Å². The first-order chi connectivity index (χ1) is 20.4. The van der Waals surface area contributed by atoms with E-state index in [-0.39, 0.29) is 5.56 Å². The summed E-state index contributed by atoms with van der Waals surface area (Å²) in [5.74, 6) is 0.173. The standard InChI is InChI=1S/C32H20ClN5O3S/c1-19(39)41-27-16-22-8-6-5-7-21(22)15-26(27)30-34-32-38(36-30)31(40)28(42-32)17-23-18-37(25-9-3-2-4-10-25)35-29(23)20-11-13-24(33)14-12-20/h2-18H,1H3. The van der Waals surface area contributed by atoms with Gasteiger partial charge in [-0.25, -0.2) is 4.68 Å². The van der Waals surface area contributed by atoms with E-state index in [9.17, 15) is 9.59 Å². The lowest BCUT2D eigenvalue weighted by Gasteiger charge is -2.08. The van der Waals surface area contributed by atoms with Crippen molar-refractivity contribution in [3.63, 3.8) is 0 Å². The molecule has 0 bridgehead atoms. The van der Waals surface area contributed by atoms with Crippen molar-refractivity contribution >= 4 is 50.7 Å². The number of hydrogen-bond acceptors (Lipinski definition) is 7. The van der Waals surface area contributed by atoms with Gasteiger partial charge in [-0.15, -0.1) is 5.10 Å². The number of benzene rings is 4. The van der Waals surface area contributed by atoms with Gasteiger partial charge in [0.15, 0.2) is 5.82 Å². The van der Waals surface area contributed by atoms with E-state index in [1.54, 1.807) is 16.8 Å². The molecule has 7 rings (SSSR count). The third-order valence-electron chi connectivity index (χ3n) is 6.69. The number of ether oxygens (including phenoxy) is 1. The molecule has 0 amide bonds. The predicted octanol–water partition coefficient (Wildman–Crippen LogP) is 5.95. The summed E-state index contributed by atoms with van der Waals surface area (Å²) in [6.07, 6.45) is 3.69. The summed E-state index contributed by atoms with van der Waals surface area (Å²) in [4.78, 5) is 30.4. The largest absolute Gasteiger partial charge is 0.426 e. The molecule has 7 aromatic rings. The number of thiazole rings is 1. The molecule has 10 heteroatoms. The van der Waals surface area contributed by atoms with E-state index in [0.717, 1.165) is 27.6 Å². The minimum Gasteiger partial charge on any atom is -0.426 e. The lowest BCUT2D eigenvalue weighted by atomic mass is 10.1. The number of rotatable bonds is 5. The van der Waals surface area contributed by atoms with Crippen LogP contribution >= 0.6 is 22.9 Å². The third-order valence-corrected chi connectivity index (χ3v) is 7.90. The van der Waals surface area contributed by atoms with Crippen molar-refractivity contribution < 1.29 is 9.53 Å². The summed E-state index contributed by atoms with van der Waals surface area (Å²) in [7, 11) is 0. The fraction of sp³-hybridized carbons (Fsp3) is 0.0312. The second kappa shape index (κ2) is 10.4. The van der Waals surface area contributed by atoms with Crippen LogP contribution in [-0.4, -0.2) is 30.3 Å². The molecule has 3 heterocycles. The van der Waals surface area contributed by atoms with Gasteiger partial charge >= 0.3 is 5.97 Å². The van der Waals surface area contributed by atoms with Crippen LogP contribution < -0.4 is 14.8 Å². The SMILES string of the molecule is CC(=O)Oc1cc2ccccc2cc1-c1nc2sc(=Cc3cn(-c4ccccc4)nc3-c3ccc(Cl)cc3)c(=O)n2n1. The monoisotopic (exact) mass is 589 g/mol. The van der Waals surface area contributed by atoms with Crippen LogP contribution in [0.4, 0.5) is 0 Å². The van der Waals surface area contributed by atoms with Crippen LogP contribution in [0.3, 0.4) is 0 Å². The first-order valence-electron chi connectivity index (χ1n) is 13.0. The molecule has 0 fully saturated rings. The van der Waals surface area contributed by atoms with Crippen LogP contribution in [0.5, 0.6) is 5.75 Å². The van der Waals surface area contributed by atoms with Crippen molar-refractivity contribution in [2.24, 2.45) is 0 Å². The molecule has 4 aromatic carbocycles. The third kappa shape index (κ3) is 4.74. The smallest absolute Gasteiger partial charge is 0.308 e. The topological polar surface area (TPSA) is 91.4 Å². The molecule has 0 saturated carbocycles. The van der Waals surface area contributed by atoms with Crippen molar-refractivity contribution in [1.29, 1.82) is 0 Å². The zero-order valence-corrected chi connectivity index (χ0v) is 23.6. The highest BCUT2D eigenvalue weighted by molar-refractivity contribution is 7.15. The first kappa shape index (κ1) is 25.8. The Balaban J connectivity index is 1.35. The van der Waals surface area contributed by atoms with Crippen molar-refractivity contribution in [2.75, 3.05) is 0 Å². The quantitative estimate of drug-likeness (QED) is 0.182. The highest BCUT2D eigenvalue weighted by Crippen LogP contribution is 2.33. The van der Waals surface area contributed by atoms with E-state index < -0.39 is 5.97 Å². The molecule has 0 aliphatic carbocycles. The summed E-state index contributed by atoms with van der Waals surface area (Å²) in [6.45, 7) is 1.34. The Kier molecular flexibility index (Phi) is 6.38. The van der Waals surface area contributed by atoms with Crippen LogP contribution in [0.2, 0.25) is 5.02 Å². The van der Waals surface area contributed by atoms with Crippen molar-refractivity contribution in [3.05, 3.63) is 123 Å². The zero-order valence-electron chi connectivity index (χ0n) is 22.1. The van der Waals surface area contributed by atoms with E-state index >= 15 is 0 Å². The minimum absolute atomic E-state index is 0.297. The predicted molar refractivity (Wildman–Crippen MR) is 164 cm³/mol. The summed E-state index contributed by atoms with van der Waals surface area (Å²) in [5, 5.41) is 11.8. The van der Waals surface area contributed by atoms with Crippen molar-refractivity contribution in [1.82, 2.24) is 24.4 Å². The summed E-state index contributed by atoms with van der Waals surface area (Å²) in [5.41, 5.74) is 3.44. The van der Waals surface area contributed by atoms with E-state index in [1.165, 1.54) is 22.8 Å². The molecular weight excluding hydrogens is 570 g/mol. The number of hydrogen-bond donors (Lipinski definition) is 0. The number of para-hydroxylation sites is 1. The highest BCUT2D eigenvalue weighted by Gasteiger charge is 2.19. The number of carbonyl (C=O) groups excluding carboxylic acids is 1. The average molecular weight is 590 g/mol. The van der Waals surface area contributed by atoms with Crippen LogP contribution in [0.25, 0.3) is 50.1 Å². The summed E-state index contributed by atoms with van der Waals surface area (Å²) >= 11 is 7.35. The molecule has 204 valence electrons. The first-order valence-corrected chi connectivity index (χ1v) is 14.2. The average Bonchev–Trinajstić information content (AvgIpc) is 3.68. The highest BCUT2D eigenvalue weighted by atomic mass is 35.5. The van der Waals surface area contributed by atoms with E-state index in [0.29, 0.717) is 37.3 Å². The Labute approximate surface area is 247 Å². The lowest BCUT2D eigenvalue weighted by Crippen LogP contribution is -2.23. The van der Waals surface area contributed by atoms with Gasteiger partial charge in [0.05, 0.1) is 15.8 Å². The molecule has 0 saturated heterocycles. The molecule has 0 radical (unpaired) electrons. The van der Waals surface area contributed by atoms with Crippen LogP contribution in [-0.2, 0) is 4.79 Å². The van der Waals surface area contributed by atoms with Gasteiger partial charge in [0.2, 0.25) is 4.96 Å². The van der Waals surface area contributed by atoms with E-state index in [4.69, 9.17) is 21.4 Å². The summed E-state index contributed by atoms with van der Waals surface area (Å²) < 4.78 is 9.01. The molecule has 0 aliphatic rings. The molecule has 0 N–H and O–H groups in total. The van der Waals surface area contributed by atoms with Crippen molar-refractivity contribution in [2.45, 2.75) is 6.92 Å². The molecule has 42 heavy (non-hydrogen) atoms. The molecule has 3 aromatic heterocycles. The second-order valence-corrected chi connectivity index (χ2v) is 11.0. The molecular formula is C32H20ClN5O3S. The van der Waals surface area contributed by atoms with Gasteiger partial charge in [-0.2, -0.15) is 14.6 Å². The Morgan fingerprint density at radius 1 is 0.929 bits per heavy atom. The molecule has 0 unspecified atom stereocenters. The van der Waals surface area contributed by atoms with Crippen LogP contribution in [0, 0.1) is 0 Å². The van der Waals surface area contributed by atoms with Crippen LogP contribution in [0.15, 0.2) is 102 Å². The number of carbonyl (C=O) groups is 1. The number of nitrogens with zero attached hydrogens (tertiary/aromatic N) is 5. The van der Waals surface area contributed by atoms with Gasteiger partial charge in [-0.1, -0.05) is 77.5 Å². The minimum atomic E-state index is -0.457. The maximum atomic E-state index is 13.5. The Bertz CT molecular complexity index is 2240. The number of esters is 1. The van der Waals surface area contributed by atoms with Gasteiger partial charge in [-0.3, -0.25) is 9.59 Å². The van der Waals surface area contributed by atoms with E-state index in [1.807, 2.05) is 91.1 Å². The Morgan fingerprint density at radius 3 is 2.36 bits per heavy atom. The van der Waals surface area contributed by atoms with Crippen LogP contribution in [0.1, 0.15) is 12.5 Å². The summed E-state index contributed by atoms with van der Waals surface area (Å²) in [6, 6.07) is 28.5. The molecule has 0 atom stereocenters. The second-order valence-electron chi connectivity index (χ2n) is 9.55. The Hall–Kier alpha value is -5.12. The molecule has 0 spiro atoms. The van der Waals surface area contributed by atoms with Crippen molar-refractivity contribution in [3.8, 4) is 34.1 Å². The van der Waals surface area contributed by atoms with Gasteiger partial charge in [-0.05, 0) is 53.2 Å². The van der Waals surface area contributed by atoms with Gasteiger partial charge < -0.3 is 4.74 Å². The van der Waals surface area contributed by atoms with Gasteiger partial charge in [0, 0.05) is 29.3 Å². The normalized spacial score (nSPS) is 11.9. The zero-order chi connectivity index (χ0) is 28.8. The number of halogens is 1. The molecule has 0 aliphatic heterocycles. The fourth-order valence-electron chi connectivity index (χ4n) is 4.76. The lowest BCUT2D eigenvalue weighted by molar-refractivity contribution is -0.131. The fourth-order valence-corrected chi connectivity index (χ4v) is 5.79. The number of aromatic nitrogens is 5. The molecule has 8 nitrogen and oxygen atoms in total. The number of fused-ring (bicyclic) bond motifs is 2. The van der Waals surface area contributed by atoms with E-state index in [2.05, 4.69) is 10.1 Å². The Morgan fingerprint density at radius 2 is 1.64 bits per heavy atom. The maximum Gasteiger partial charge on any atom is 0.308 e. The maximum absolute atomic E-state index is 13.5. The van der Waals surface area contributed by atoms with Gasteiger partial charge in [0.25, 0.3) is 5.56 Å².